The molecule has 0 bridgehead atoms. The summed E-state index contributed by atoms with van der Waals surface area (Å²) in [7, 11) is 2.11. The summed E-state index contributed by atoms with van der Waals surface area (Å²) >= 11 is 0. The average molecular weight is 473 g/mol. The third-order valence-electron chi connectivity index (χ3n) is 4.80. The lowest BCUT2D eigenvalue weighted by molar-refractivity contribution is 0.181. The van der Waals surface area contributed by atoms with Gasteiger partial charge in [-0.3, -0.25) is 0 Å². The maximum atomic E-state index is 6.00. The van der Waals surface area contributed by atoms with Gasteiger partial charge in [0.1, 0.15) is 5.75 Å². The first-order chi connectivity index (χ1) is 12.3. The van der Waals surface area contributed by atoms with Crippen LogP contribution in [0.5, 0.6) is 5.75 Å². The molecule has 1 aromatic carbocycles. The molecular weight excluding hydrogens is 441 g/mol. The van der Waals surface area contributed by atoms with Gasteiger partial charge in [0.05, 0.1) is 19.8 Å². The molecule has 0 radical (unpaired) electrons. The van der Waals surface area contributed by atoms with Gasteiger partial charge in [0.2, 0.25) is 0 Å². The van der Waals surface area contributed by atoms with E-state index in [-0.39, 0.29) is 24.0 Å². The number of nitrogens with one attached hydrogen (secondary N) is 1. The van der Waals surface area contributed by atoms with Crippen LogP contribution in [0.2, 0.25) is 0 Å². The fraction of sp³-hybridized carbons (Fsp3) is 0.650. The van der Waals surface area contributed by atoms with E-state index < -0.39 is 0 Å². The zero-order chi connectivity index (χ0) is 17.5. The molecule has 146 valence electrons. The minimum absolute atomic E-state index is 0. The van der Waals surface area contributed by atoms with E-state index in [1.807, 2.05) is 6.07 Å². The highest BCUT2D eigenvalue weighted by Crippen LogP contribution is 2.30. The number of guanidine groups is 1. The van der Waals surface area contributed by atoms with Crippen molar-refractivity contribution in [3.8, 4) is 5.75 Å². The lowest BCUT2D eigenvalue weighted by Gasteiger charge is -2.24. The van der Waals surface area contributed by atoms with Gasteiger partial charge >= 0.3 is 0 Å². The zero-order valence-corrected chi connectivity index (χ0v) is 18.3. The van der Waals surface area contributed by atoms with Crippen molar-refractivity contribution in [1.29, 1.82) is 0 Å². The Morgan fingerprint density at radius 2 is 2.08 bits per heavy atom. The molecule has 1 aromatic rings. The second kappa shape index (κ2) is 11.0. The highest BCUT2D eigenvalue weighted by Gasteiger charge is 2.22. The smallest absolute Gasteiger partial charge is 0.193 e. The molecule has 6 heteroatoms. The van der Waals surface area contributed by atoms with Crippen molar-refractivity contribution in [2.75, 3.05) is 40.0 Å². The van der Waals surface area contributed by atoms with E-state index in [9.17, 15) is 0 Å². The quantitative estimate of drug-likeness (QED) is 0.357. The highest BCUT2D eigenvalue weighted by molar-refractivity contribution is 14.0. The Hall–Kier alpha value is -1.02. The molecule has 3 rings (SSSR count). The van der Waals surface area contributed by atoms with Gasteiger partial charge < -0.3 is 19.7 Å². The topological polar surface area (TPSA) is 46.1 Å². The summed E-state index contributed by atoms with van der Waals surface area (Å²) in [5.41, 5.74) is 1.15. The van der Waals surface area contributed by atoms with E-state index in [4.69, 9.17) is 14.5 Å². The van der Waals surface area contributed by atoms with Crippen LogP contribution >= 0.6 is 24.0 Å². The summed E-state index contributed by atoms with van der Waals surface area (Å²) in [6.45, 7) is 7.17. The molecule has 2 aliphatic rings. The largest absolute Gasteiger partial charge is 0.493 e. The number of ether oxygens (including phenoxy) is 2. The van der Waals surface area contributed by atoms with Crippen molar-refractivity contribution in [2.45, 2.75) is 32.7 Å². The molecule has 1 saturated carbocycles. The maximum absolute atomic E-state index is 6.00. The van der Waals surface area contributed by atoms with Crippen LogP contribution in [-0.2, 0) is 11.3 Å². The molecule has 2 fully saturated rings. The molecule has 1 aliphatic carbocycles. The molecule has 1 aliphatic heterocycles. The van der Waals surface area contributed by atoms with Gasteiger partial charge in [-0.2, -0.15) is 0 Å². The van der Waals surface area contributed by atoms with Gasteiger partial charge in [-0.05, 0) is 38.2 Å². The third-order valence-corrected chi connectivity index (χ3v) is 4.80. The lowest BCUT2D eigenvalue weighted by Crippen LogP contribution is -2.41. The first kappa shape index (κ1) is 21.3. The lowest BCUT2D eigenvalue weighted by atomic mass is 10.1. The van der Waals surface area contributed by atoms with Crippen molar-refractivity contribution >= 4 is 29.9 Å². The molecule has 0 aromatic heterocycles. The van der Waals surface area contributed by atoms with Gasteiger partial charge in [0, 0.05) is 38.2 Å². The molecule has 1 atom stereocenters. The van der Waals surface area contributed by atoms with E-state index in [0.29, 0.717) is 12.5 Å². The number of hydrogen-bond acceptors (Lipinski definition) is 3. The van der Waals surface area contributed by atoms with Crippen LogP contribution in [0.4, 0.5) is 0 Å². The molecule has 26 heavy (non-hydrogen) atoms. The number of nitrogens with zero attached hydrogens (tertiary/aromatic N) is 2. The first-order valence-corrected chi connectivity index (χ1v) is 9.54. The summed E-state index contributed by atoms with van der Waals surface area (Å²) in [6.07, 6.45) is 3.75. The van der Waals surface area contributed by atoms with Crippen LogP contribution in [-0.4, -0.2) is 50.8 Å². The first-order valence-electron chi connectivity index (χ1n) is 9.54. The predicted molar refractivity (Wildman–Crippen MR) is 116 cm³/mol. The van der Waals surface area contributed by atoms with Gasteiger partial charge in [0.25, 0.3) is 0 Å². The summed E-state index contributed by atoms with van der Waals surface area (Å²) < 4.78 is 11.5. The Bertz CT molecular complexity index is 572. The number of rotatable bonds is 8. The summed E-state index contributed by atoms with van der Waals surface area (Å²) in [5.74, 6) is 3.28. The van der Waals surface area contributed by atoms with Crippen LogP contribution < -0.4 is 10.1 Å². The Morgan fingerprint density at radius 1 is 1.27 bits per heavy atom. The molecule has 1 saturated heterocycles. The van der Waals surface area contributed by atoms with E-state index in [2.05, 4.69) is 42.4 Å². The van der Waals surface area contributed by atoms with E-state index in [1.165, 1.54) is 12.8 Å². The monoisotopic (exact) mass is 473 g/mol. The number of hydrogen-bond donors (Lipinski definition) is 1. The van der Waals surface area contributed by atoms with Crippen molar-refractivity contribution in [2.24, 2.45) is 16.8 Å². The van der Waals surface area contributed by atoms with E-state index in [0.717, 1.165) is 62.5 Å². The fourth-order valence-corrected chi connectivity index (χ4v) is 3.10. The number of halogens is 1. The number of aliphatic imine (C=N–C) groups is 1. The highest BCUT2D eigenvalue weighted by atomic mass is 127. The Labute approximate surface area is 174 Å². The van der Waals surface area contributed by atoms with Gasteiger partial charge in [-0.1, -0.05) is 18.2 Å². The predicted octanol–water partition coefficient (Wildman–Crippen LogP) is 3.53. The molecule has 0 spiro atoms. The van der Waals surface area contributed by atoms with Gasteiger partial charge in [-0.15, -0.1) is 24.0 Å². The Balaban J connectivity index is 0.00000243. The van der Waals surface area contributed by atoms with E-state index in [1.54, 1.807) is 0 Å². The maximum Gasteiger partial charge on any atom is 0.193 e. The molecule has 1 unspecified atom stereocenters. The second-order valence-corrected chi connectivity index (χ2v) is 7.14. The molecule has 5 nitrogen and oxygen atoms in total. The SMILES string of the molecule is CCNC(=NCc1ccccc1OCC1CC1)N(C)CC1CCOC1.I. The standard InChI is InChI=1S/C20H31N3O2.HI/c1-3-21-20(23(2)13-17-10-11-24-14-17)22-12-18-6-4-5-7-19(18)25-15-16-8-9-16;/h4-7,16-17H,3,8-15H2,1-2H3,(H,21,22);1H. The van der Waals surface area contributed by atoms with Crippen LogP contribution in [0.25, 0.3) is 0 Å². The summed E-state index contributed by atoms with van der Waals surface area (Å²) in [6, 6.07) is 8.26. The molecule has 0 amide bonds. The third kappa shape index (κ3) is 6.61. The molecule has 1 N–H and O–H groups in total. The minimum Gasteiger partial charge on any atom is -0.493 e. The summed E-state index contributed by atoms with van der Waals surface area (Å²) in [5, 5.41) is 3.40. The van der Waals surface area contributed by atoms with E-state index >= 15 is 0 Å². The van der Waals surface area contributed by atoms with Gasteiger partial charge in [0.15, 0.2) is 5.96 Å². The summed E-state index contributed by atoms with van der Waals surface area (Å²) in [4.78, 5) is 7.06. The van der Waals surface area contributed by atoms with Crippen LogP contribution in [0, 0.1) is 11.8 Å². The normalized spacial score (nSPS) is 19.8. The second-order valence-electron chi connectivity index (χ2n) is 7.14. The van der Waals surface area contributed by atoms with Crippen molar-refractivity contribution < 1.29 is 9.47 Å². The molecular formula is C20H32IN3O2. The van der Waals surface area contributed by atoms with Crippen molar-refractivity contribution in [3.63, 3.8) is 0 Å². The van der Waals surface area contributed by atoms with Crippen molar-refractivity contribution in [3.05, 3.63) is 29.8 Å². The number of benzene rings is 1. The zero-order valence-electron chi connectivity index (χ0n) is 15.9. The average Bonchev–Trinajstić information content (AvgIpc) is 3.32. The van der Waals surface area contributed by atoms with Crippen LogP contribution in [0.1, 0.15) is 31.7 Å². The minimum atomic E-state index is 0. The van der Waals surface area contributed by atoms with Crippen LogP contribution in [0.15, 0.2) is 29.3 Å². The van der Waals surface area contributed by atoms with Gasteiger partial charge in [-0.25, -0.2) is 4.99 Å². The Morgan fingerprint density at radius 3 is 2.77 bits per heavy atom. The molecule has 1 heterocycles. The number of para-hydroxylation sites is 1. The fourth-order valence-electron chi connectivity index (χ4n) is 3.10. The van der Waals surface area contributed by atoms with Crippen molar-refractivity contribution in [1.82, 2.24) is 10.2 Å². The van der Waals surface area contributed by atoms with Crippen LogP contribution in [0.3, 0.4) is 0 Å². The Kier molecular flexibility index (Phi) is 8.98.